The predicted octanol–water partition coefficient (Wildman–Crippen LogP) is 4.42. The van der Waals surface area contributed by atoms with Gasteiger partial charge in [0, 0.05) is 31.9 Å². The minimum Gasteiger partial charge on any atom is -0.444 e. The number of carbonyl (C=O) groups excluding carboxylic acids is 1. The van der Waals surface area contributed by atoms with Gasteiger partial charge >= 0.3 is 6.09 Å². The van der Waals surface area contributed by atoms with E-state index in [1.807, 2.05) is 0 Å². The summed E-state index contributed by atoms with van der Waals surface area (Å²) >= 11 is 0. The van der Waals surface area contributed by atoms with Crippen molar-refractivity contribution in [3.8, 4) is 0 Å². The summed E-state index contributed by atoms with van der Waals surface area (Å²) in [5.41, 5.74) is -0.634. The van der Waals surface area contributed by atoms with Crippen molar-refractivity contribution in [1.82, 2.24) is 4.90 Å². The van der Waals surface area contributed by atoms with Crippen LogP contribution in [0, 0.1) is 11.6 Å². The van der Waals surface area contributed by atoms with Gasteiger partial charge in [0.05, 0.1) is 5.56 Å². The van der Waals surface area contributed by atoms with Gasteiger partial charge in [-0.15, -0.1) is 0 Å². The second-order valence-electron chi connectivity index (χ2n) is 7.22. The van der Waals surface area contributed by atoms with Gasteiger partial charge in [0.15, 0.2) is 6.29 Å². The van der Waals surface area contributed by atoms with E-state index in [1.54, 1.807) is 34.6 Å². The highest BCUT2D eigenvalue weighted by atomic mass is 19.1. The van der Waals surface area contributed by atoms with Crippen LogP contribution < -0.4 is 5.32 Å². The first-order valence-electron chi connectivity index (χ1n) is 9.14. The Morgan fingerprint density at radius 3 is 2.19 bits per heavy atom. The van der Waals surface area contributed by atoms with Crippen LogP contribution in [0.4, 0.5) is 19.3 Å². The predicted molar refractivity (Wildman–Crippen MR) is 97.3 cm³/mol. The van der Waals surface area contributed by atoms with E-state index in [0.29, 0.717) is 13.0 Å². The molecule has 0 aliphatic carbocycles. The Bertz CT molecular complexity index is 635. The molecule has 1 unspecified atom stereocenters. The summed E-state index contributed by atoms with van der Waals surface area (Å²) in [6.07, 6.45) is -1.28. The van der Waals surface area contributed by atoms with Gasteiger partial charge in [-0.25, -0.2) is 13.6 Å². The standard InChI is InChI=1S/C19H28F2N2O4/c1-6-25-17(26-7-2)16-13(20)10-12(11-14(16)21)22-15-8-9-23(15)18(24)27-19(3,4)5/h10-11,15,17,22H,6-9H2,1-5H3. The van der Waals surface area contributed by atoms with Crippen molar-refractivity contribution in [2.75, 3.05) is 25.1 Å². The summed E-state index contributed by atoms with van der Waals surface area (Å²) in [7, 11) is 0. The summed E-state index contributed by atoms with van der Waals surface area (Å²) in [6, 6.07) is 2.35. The molecule has 152 valence electrons. The van der Waals surface area contributed by atoms with Gasteiger partial charge in [-0.3, -0.25) is 4.90 Å². The van der Waals surface area contributed by atoms with Crippen LogP contribution >= 0.6 is 0 Å². The first-order valence-corrected chi connectivity index (χ1v) is 9.14. The van der Waals surface area contributed by atoms with E-state index < -0.39 is 29.6 Å². The Morgan fingerprint density at radius 1 is 1.22 bits per heavy atom. The molecule has 0 aromatic heterocycles. The minimum atomic E-state index is -1.10. The van der Waals surface area contributed by atoms with Crippen LogP contribution in [-0.2, 0) is 14.2 Å². The van der Waals surface area contributed by atoms with Crippen LogP contribution in [0.1, 0.15) is 52.9 Å². The Morgan fingerprint density at radius 2 is 1.78 bits per heavy atom. The third-order valence-electron chi connectivity index (χ3n) is 3.93. The van der Waals surface area contributed by atoms with Gasteiger partial charge in [-0.05, 0) is 46.8 Å². The number of ether oxygens (including phenoxy) is 3. The molecule has 1 fully saturated rings. The van der Waals surface area contributed by atoms with Gasteiger partial charge in [-0.2, -0.15) is 0 Å². The lowest BCUT2D eigenvalue weighted by molar-refractivity contribution is -0.143. The monoisotopic (exact) mass is 386 g/mol. The Labute approximate surface area is 158 Å². The molecule has 1 heterocycles. The van der Waals surface area contributed by atoms with E-state index in [2.05, 4.69) is 5.32 Å². The first-order chi connectivity index (χ1) is 12.7. The second kappa shape index (κ2) is 8.84. The lowest BCUT2D eigenvalue weighted by atomic mass is 10.1. The summed E-state index contributed by atoms with van der Waals surface area (Å²) in [5, 5.41) is 2.97. The second-order valence-corrected chi connectivity index (χ2v) is 7.22. The number of hydrogen-bond donors (Lipinski definition) is 1. The van der Waals surface area contributed by atoms with Crippen molar-refractivity contribution >= 4 is 11.8 Å². The fourth-order valence-electron chi connectivity index (χ4n) is 2.68. The Balaban J connectivity index is 2.11. The molecule has 1 N–H and O–H groups in total. The third kappa shape index (κ3) is 5.52. The zero-order valence-electron chi connectivity index (χ0n) is 16.5. The van der Waals surface area contributed by atoms with E-state index in [1.165, 1.54) is 17.0 Å². The molecule has 2 rings (SSSR count). The van der Waals surface area contributed by atoms with Crippen molar-refractivity contribution in [2.24, 2.45) is 0 Å². The van der Waals surface area contributed by atoms with Crippen molar-refractivity contribution in [3.05, 3.63) is 29.3 Å². The zero-order valence-corrected chi connectivity index (χ0v) is 16.5. The molecule has 1 amide bonds. The molecule has 0 bridgehead atoms. The van der Waals surface area contributed by atoms with Crippen molar-refractivity contribution < 1.29 is 27.8 Å². The molecular weight excluding hydrogens is 358 g/mol. The van der Waals surface area contributed by atoms with Gasteiger partial charge in [0.25, 0.3) is 0 Å². The van der Waals surface area contributed by atoms with Crippen LogP contribution in [0.15, 0.2) is 12.1 Å². The molecule has 6 nitrogen and oxygen atoms in total. The van der Waals surface area contributed by atoms with Crippen LogP contribution in [0.3, 0.4) is 0 Å². The van der Waals surface area contributed by atoms with E-state index in [4.69, 9.17) is 14.2 Å². The highest BCUT2D eigenvalue weighted by Gasteiger charge is 2.35. The van der Waals surface area contributed by atoms with Gasteiger partial charge in [-0.1, -0.05) is 0 Å². The molecule has 27 heavy (non-hydrogen) atoms. The van der Waals surface area contributed by atoms with Gasteiger partial charge < -0.3 is 19.5 Å². The maximum atomic E-state index is 14.5. The normalized spacial score (nSPS) is 17.0. The van der Waals surface area contributed by atoms with E-state index in [0.717, 1.165) is 0 Å². The summed E-state index contributed by atoms with van der Waals surface area (Å²) in [6.45, 7) is 9.83. The maximum Gasteiger partial charge on any atom is 0.411 e. The molecule has 0 saturated carbocycles. The fraction of sp³-hybridized carbons (Fsp3) is 0.632. The molecule has 1 aliphatic heterocycles. The summed E-state index contributed by atoms with van der Waals surface area (Å²) in [5.74, 6) is -1.54. The maximum absolute atomic E-state index is 14.5. The average molecular weight is 386 g/mol. The third-order valence-corrected chi connectivity index (χ3v) is 3.93. The van der Waals surface area contributed by atoms with Gasteiger partial charge in [0.2, 0.25) is 0 Å². The summed E-state index contributed by atoms with van der Waals surface area (Å²) in [4.78, 5) is 13.6. The van der Waals surface area contributed by atoms with Crippen molar-refractivity contribution in [3.63, 3.8) is 0 Å². The van der Waals surface area contributed by atoms with E-state index >= 15 is 0 Å². The SMILES string of the molecule is CCOC(OCC)c1c(F)cc(NC2CCN2C(=O)OC(C)(C)C)cc1F. The van der Waals surface area contributed by atoms with Crippen molar-refractivity contribution in [2.45, 2.75) is 59.1 Å². The van der Waals surface area contributed by atoms with Crippen LogP contribution in [-0.4, -0.2) is 42.5 Å². The van der Waals surface area contributed by atoms with Crippen LogP contribution in [0.2, 0.25) is 0 Å². The highest BCUT2D eigenvalue weighted by molar-refractivity contribution is 5.70. The summed E-state index contributed by atoms with van der Waals surface area (Å²) < 4.78 is 44.9. The van der Waals surface area contributed by atoms with Gasteiger partial charge in [0.1, 0.15) is 23.4 Å². The lowest BCUT2D eigenvalue weighted by Crippen LogP contribution is -2.56. The smallest absolute Gasteiger partial charge is 0.411 e. The number of halogens is 2. The molecule has 1 aromatic carbocycles. The number of benzene rings is 1. The van der Waals surface area contributed by atoms with E-state index in [-0.39, 0.29) is 30.6 Å². The largest absolute Gasteiger partial charge is 0.444 e. The number of likely N-dealkylation sites (tertiary alicyclic amines) is 1. The fourth-order valence-corrected chi connectivity index (χ4v) is 2.68. The Kier molecular flexibility index (Phi) is 7.00. The topological polar surface area (TPSA) is 60.0 Å². The molecule has 1 saturated heterocycles. The zero-order chi connectivity index (χ0) is 20.2. The number of nitrogens with zero attached hydrogens (tertiary/aromatic N) is 1. The molecule has 0 spiro atoms. The lowest BCUT2D eigenvalue weighted by Gasteiger charge is -2.42. The van der Waals surface area contributed by atoms with Crippen molar-refractivity contribution in [1.29, 1.82) is 0 Å². The number of anilines is 1. The number of rotatable bonds is 7. The molecule has 1 aliphatic rings. The molecule has 1 atom stereocenters. The van der Waals surface area contributed by atoms with Crippen LogP contribution in [0.5, 0.6) is 0 Å². The number of hydrogen-bond acceptors (Lipinski definition) is 5. The van der Waals surface area contributed by atoms with E-state index in [9.17, 15) is 13.6 Å². The van der Waals surface area contributed by atoms with Crippen LogP contribution in [0.25, 0.3) is 0 Å². The molecule has 0 radical (unpaired) electrons. The molecule has 8 heteroatoms. The minimum absolute atomic E-state index is 0.235. The highest BCUT2D eigenvalue weighted by Crippen LogP contribution is 2.30. The number of amides is 1. The Hall–Kier alpha value is -1.93. The quantitative estimate of drug-likeness (QED) is 0.703. The number of nitrogens with one attached hydrogen (secondary N) is 1. The first kappa shape index (κ1) is 21.4. The molecule has 1 aromatic rings. The molecular formula is C19H28F2N2O4. The average Bonchev–Trinajstić information content (AvgIpc) is 2.49. The number of carbonyl (C=O) groups is 1.